The number of carbonyl (C=O) groups is 1. The minimum Gasteiger partial charge on any atom is -0.392 e. The Morgan fingerprint density at radius 2 is 2.16 bits per heavy atom. The van der Waals surface area contributed by atoms with Crippen LogP contribution in [0.4, 0.5) is 4.39 Å². The van der Waals surface area contributed by atoms with Crippen LogP contribution in [0.1, 0.15) is 16.1 Å². The summed E-state index contributed by atoms with van der Waals surface area (Å²) in [5.74, 6) is -0.765. The maximum atomic E-state index is 13.8. The Labute approximate surface area is 109 Å². The Kier molecular flexibility index (Phi) is 3.62. The fourth-order valence-electron chi connectivity index (χ4n) is 1.74. The van der Waals surface area contributed by atoms with Gasteiger partial charge in [-0.25, -0.2) is 9.07 Å². The van der Waals surface area contributed by atoms with Crippen LogP contribution in [0, 0.1) is 5.82 Å². The Bertz CT molecular complexity index is 608. The molecular formula is C13H14FN3O2. The van der Waals surface area contributed by atoms with Gasteiger partial charge in [-0.05, 0) is 12.1 Å². The summed E-state index contributed by atoms with van der Waals surface area (Å²) in [6.07, 6.45) is 1.49. The average Bonchev–Trinajstić information content (AvgIpc) is 2.86. The van der Waals surface area contributed by atoms with Crippen LogP contribution in [0.15, 0.2) is 30.5 Å². The molecule has 0 fully saturated rings. The van der Waals surface area contributed by atoms with Crippen LogP contribution >= 0.6 is 0 Å². The van der Waals surface area contributed by atoms with Crippen molar-refractivity contribution in [2.75, 3.05) is 14.1 Å². The maximum Gasteiger partial charge on any atom is 0.273 e. The number of aromatic nitrogens is 2. The second kappa shape index (κ2) is 5.19. The van der Waals surface area contributed by atoms with Gasteiger partial charge in [0.1, 0.15) is 11.5 Å². The number of rotatable bonds is 3. The molecule has 5 nitrogen and oxygen atoms in total. The van der Waals surface area contributed by atoms with Crippen LogP contribution in [-0.2, 0) is 6.61 Å². The highest BCUT2D eigenvalue weighted by molar-refractivity contribution is 5.91. The van der Waals surface area contributed by atoms with Crippen LogP contribution in [-0.4, -0.2) is 39.8 Å². The van der Waals surface area contributed by atoms with Crippen LogP contribution < -0.4 is 0 Å². The molecule has 6 heteroatoms. The van der Waals surface area contributed by atoms with Gasteiger partial charge in [-0.1, -0.05) is 12.1 Å². The van der Waals surface area contributed by atoms with Crippen LogP contribution in [0.25, 0.3) is 5.69 Å². The van der Waals surface area contributed by atoms with Gasteiger partial charge in [0, 0.05) is 25.9 Å². The first-order valence-electron chi connectivity index (χ1n) is 5.70. The predicted molar refractivity (Wildman–Crippen MR) is 67.5 cm³/mol. The first-order chi connectivity index (χ1) is 9.04. The highest BCUT2D eigenvalue weighted by Crippen LogP contribution is 2.18. The zero-order valence-corrected chi connectivity index (χ0v) is 10.7. The van der Waals surface area contributed by atoms with Gasteiger partial charge in [-0.15, -0.1) is 0 Å². The molecular weight excluding hydrogens is 249 g/mol. The van der Waals surface area contributed by atoms with E-state index in [4.69, 9.17) is 0 Å². The van der Waals surface area contributed by atoms with Crippen molar-refractivity contribution in [3.63, 3.8) is 0 Å². The average molecular weight is 263 g/mol. The minimum atomic E-state index is -0.501. The van der Waals surface area contributed by atoms with E-state index in [1.54, 1.807) is 20.2 Å². The van der Waals surface area contributed by atoms with Gasteiger partial charge in [-0.2, -0.15) is 5.10 Å². The summed E-state index contributed by atoms with van der Waals surface area (Å²) < 4.78 is 15.1. The molecule has 2 rings (SSSR count). The van der Waals surface area contributed by atoms with Gasteiger partial charge in [0.25, 0.3) is 5.91 Å². The number of hydrogen-bond acceptors (Lipinski definition) is 3. The van der Waals surface area contributed by atoms with Crippen molar-refractivity contribution in [1.29, 1.82) is 0 Å². The molecule has 0 spiro atoms. The maximum absolute atomic E-state index is 13.8. The Morgan fingerprint density at radius 1 is 1.42 bits per heavy atom. The number of nitrogens with zero attached hydrogens (tertiary/aromatic N) is 3. The second-order valence-electron chi connectivity index (χ2n) is 4.25. The Balaban J connectivity index is 2.47. The molecule has 0 radical (unpaired) electrons. The lowest BCUT2D eigenvalue weighted by Gasteiger charge is -2.09. The van der Waals surface area contributed by atoms with Crippen molar-refractivity contribution in [3.8, 4) is 5.69 Å². The van der Waals surface area contributed by atoms with E-state index >= 15 is 0 Å². The van der Waals surface area contributed by atoms with Crippen molar-refractivity contribution >= 4 is 5.91 Å². The summed E-state index contributed by atoms with van der Waals surface area (Å²) in [4.78, 5) is 13.1. The normalized spacial score (nSPS) is 10.5. The van der Waals surface area contributed by atoms with Gasteiger partial charge >= 0.3 is 0 Å². The van der Waals surface area contributed by atoms with Gasteiger partial charge in [0.2, 0.25) is 0 Å². The van der Waals surface area contributed by atoms with Crippen molar-refractivity contribution in [2.24, 2.45) is 0 Å². The molecule has 2 aromatic rings. The second-order valence-corrected chi connectivity index (χ2v) is 4.25. The highest BCUT2D eigenvalue weighted by atomic mass is 19.1. The van der Waals surface area contributed by atoms with Crippen LogP contribution in [0.2, 0.25) is 0 Å². The SMILES string of the molecule is CN(C)C(=O)c1ccn(-c2c(F)cccc2CO)n1. The number of amides is 1. The Morgan fingerprint density at radius 3 is 2.79 bits per heavy atom. The zero-order chi connectivity index (χ0) is 14.0. The summed E-state index contributed by atoms with van der Waals surface area (Å²) in [5.41, 5.74) is 0.784. The van der Waals surface area contributed by atoms with Gasteiger partial charge in [0.05, 0.1) is 6.61 Å². The van der Waals surface area contributed by atoms with E-state index in [1.165, 1.54) is 34.0 Å². The molecule has 1 aromatic carbocycles. The number of aliphatic hydroxyl groups excluding tert-OH is 1. The molecule has 1 aromatic heterocycles. The van der Waals surface area contributed by atoms with Gasteiger partial charge in [0.15, 0.2) is 5.69 Å². The lowest BCUT2D eigenvalue weighted by molar-refractivity contribution is 0.0821. The molecule has 0 bridgehead atoms. The van der Waals surface area contributed by atoms with E-state index in [0.29, 0.717) is 5.56 Å². The largest absolute Gasteiger partial charge is 0.392 e. The predicted octanol–water partition coefficient (Wildman–Crippen LogP) is 1.21. The molecule has 0 saturated carbocycles. The lowest BCUT2D eigenvalue weighted by Crippen LogP contribution is -2.22. The molecule has 1 N–H and O–H groups in total. The zero-order valence-electron chi connectivity index (χ0n) is 10.7. The van der Waals surface area contributed by atoms with E-state index in [2.05, 4.69) is 5.10 Å². The molecule has 19 heavy (non-hydrogen) atoms. The summed E-state index contributed by atoms with van der Waals surface area (Å²) in [5, 5.41) is 13.3. The molecule has 1 heterocycles. The number of para-hydroxylation sites is 1. The van der Waals surface area contributed by atoms with E-state index in [0.717, 1.165) is 0 Å². The molecule has 0 saturated heterocycles. The third kappa shape index (κ3) is 2.48. The summed E-state index contributed by atoms with van der Waals surface area (Å²) >= 11 is 0. The van der Waals surface area contributed by atoms with Crippen molar-refractivity contribution in [2.45, 2.75) is 6.61 Å². The van der Waals surface area contributed by atoms with Crippen molar-refractivity contribution < 1.29 is 14.3 Å². The molecule has 0 unspecified atom stereocenters. The van der Waals surface area contributed by atoms with E-state index in [1.807, 2.05) is 0 Å². The number of halogens is 1. The molecule has 0 aliphatic heterocycles. The molecule has 0 atom stereocenters. The first-order valence-corrected chi connectivity index (χ1v) is 5.70. The van der Waals surface area contributed by atoms with Crippen molar-refractivity contribution in [1.82, 2.24) is 14.7 Å². The fraction of sp³-hybridized carbons (Fsp3) is 0.231. The van der Waals surface area contributed by atoms with Gasteiger partial charge < -0.3 is 10.0 Å². The van der Waals surface area contributed by atoms with Crippen LogP contribution in [0.5, 0.6) is 0 Å². The number of benzene rings is 1. The monoisotopic (exact) mass is 263 g/mol. The number of aliphatic hydroxyl groups is 1. The van der Waals surface area contributed by atoms with E-state index < -0.39 is 5.82 Å². The lowest BCUT2D eigenvalue weighted by atomic mass is 10.2. The molecule has 0 aliphatic carbocycles. The van der Waals surface area contributed by atoms with Crippen LogP contribution in [0.3, 0.4) is 0 Å². The topological polar surface area (TPSA) is 58.4 Å². The highest BCUT2D eigenvalue weighted by Gasteiger charge is 2.15. The summed E-state index contributed by atoms with van der Waals surface area (Å²) in [7, 11) is 3.23. The Hall–Kier alpha value is -2.21. The standard InChI is InChI=1S/C13H14FN3O2/c1-16(2)13(19)11-6-7-17(15-11)12-9(8-18)4-3-5-10(12)14/h3-7,18H,8H2,1-2H3. The fourth-order valence-corrected chi connectivity index (χ4v) is 1.74. The third-order valence-electron chi connectivity index (χ3n) is 2.68. The molecule has 1 amide bonds. The van der Waals surface area contributed by atoms with E-state index in [-0.39, 0.29) is 23.9 Å². The van der Waals surface area contributed by atoms with Crippen molar-refractivity contribution in [3.05, 3.63) is 47.5 Å². The number of carbonyl (C=O) groups excluding carboxylic acids is 1. The summed E-state index contributed by atoms with van der Waals surface area (Å²) in [6.45, 7) is -0.302. The quantitative estimate of drug-likeness (QED) is 0.905. The smallest absolute Gasteiger partial charge is 0.273 e. The van der Waals surface area contributed by atoms with E-state index in [9.17, 15) is 14.3 Å². The first kappa shape index (κ1) is 13.2. The number of hydrogen-bond donors (Lipinski definition) is 1. The summed E-state index contributed by atoms with van der Waals surface area (Å²) in [6, 6.07) is 5.91. The minimum absolute atomic E-state index is 0.155. The molecule has 0 aliphatic rings. The van der Waals surface area contributed by atoms with Gasteiger partial charge in [-0.3, -0.25) is 4.79 Å². The third-order valence-corrected chi connectivity index (χ3v) is 2.68. The molecule has 100 valence electrons.